The molecule has 2 N–H and O–H groups in total. The first-order valence-electron chi connectivity index (χ1n) is 9.57. The quantitative estimate of drug-likeness (QED) is 0.346. The molecule has 5 nitrogen and oxygen atoms in total. The Labute approximate surface area is 174 Å². The van der Waals surface area contributed by atoms with E-state index in [0.29, 0.717) is 5.41 Å². The Bertz CT molecular complexity index is 427. The van der Waals surface area contributed by atoms with E-state index in [1.165, 1.54) is 43.6 Å². The van der Waals surface area contributed by atoms with Gasteiger partial charge in [0.2, 0.25) is 0 Å². The van der Waals surface area contributed by atoms with E-state index in [-0.39, 0.29) is 29.5 Å². The van der Waals surface area contributed by atoms with Gasteiger partial charge in [-0.3, -0.25) is 9.89 Å². The number of morpholine rings is 1. The summed E-state index contributed by atoms with van der Waals surface area (Å²) in [7, 11) is 1.89. The lowest BCUT2D eigenvalue weighted by atomic mass is 9.67. The molecule has 1 unspecified atom stereocenters. The average molecular weight is 482 g/mol. The molecule has 0 spiro atoms. The zero-order valence-corrected chi connectivity index (χ0v) is 19.0. The number of aliphatic imine (C=N–C) groups is 1. The van der Waals surface area contributed by atoms with Crippen LogP contribution in [0.5, 0.6) is 0 Å². The normalized spacial score (nSPS) is 29.6. The smallest absolute Gasteiger partial charge is 0.191 e. The monoisotopic (exact) mass is 482 g/mol. The fraction of sp³-hybridized carbons (Fsp3) is 0.944. The molecule has 0 amide bonds. The Morgan fingerprint density at radius 2 is 1.88 bits per heavy atom. The summed E-state index contributed by atoms with van der Waals surface area (Å²) in [5, 5.41) is 7.23. The van der Waals surface area contributed by atoms with Crippen LogP contribution in [0.4, 0.5) is 0 Å². The molecule has 1 aliphatic carbocycles. The second kappa shape index (κ2) is 9.99. The molecule has 3 rings (SSSR count). The second-order valence-electron chi connectivity index (χ2n) is 7.61. The summed E-state index contributed by atoms with van der Waals surface area (Å²) in [5.74, 6) is 3.46. The number of nitrogens with zero attached hydrogens (tertiary/aromatic N) is 2. The average Bonchev–Trinajstić information content (AvgIpc) is 3.08. The summed E-state index contributed by atoms with van der Waals surface area (Å²) in [6, 6.07) is 0. The highest BCUT2D eigenvalue weighted by atomic mass is 127. The fourth-order valence-electron chi connectivity index (χ4n) is 4.21. The Hall–Kier alpha value is 0.270. The van der Waals surface area contributed by atoms with E-state index < -0.39 is 0 Å². The minimum Gasteiger partial charge on any atom is -0.379 e. The molecule has 3 fully saturated rings. The summed E-state index contributed by atoms with van der Waals surface area (Å²) < 4.78 is 5.55. The van der Waals surface area contributed by atoms with Gasteiger partial charge >= 0.3 is 0 Å². The molecular weight excluding hydrogens is 447 g/mol. The highest BCUT2D eigenvalue weighted by Crippen LogP contribution is 2.43. The molecule has 2 aliphatic heterocycles. The second-order valence-corrected chi connectivity index (χ2v) is 8.72. The molecule has 0 aromatic carbocycles. The number of ether oxygens (including phenoxy) is 1. The third-order valence-corrected chi connectivity index (χ3v) is 7.60. The van der Waals surface area contributed by atoms with Crippen LogP contribution in [0.15, 0.2) is 4.99 Å². The highest BCUT2D eigenvalue weighted by Gasteiger charge is 2.41. The van der Waals surface area contributed by atoms with Crippen molar-refractivity contribution >= 4 is 41.7 Å². The number of hydrogen-bond acceptors (Lipinski definition) is 4. The van der Waals surface area contributed by atoms with Gasteiger partial charge in [-0.05, 0) is 36.9 Å². The molecule has 146 valence electrons. The van der Waals surface area contributed by atoms with Crippen molar-refractivity contribution in [2.24, 2.45) is 10.4 Å². The minimum atomic E-state index is 0. The molecule has 3 aliphatic rings. The van der Waals surface area contributed by atoms with E-state index >= 15 is 0 Å². The summed E-state index contributed by atoms with van der Waals surface area (Å²) >= 11 is 2.09. The Kier molecular flexibility index (Phi) is 8.62. The first-order valence-corrected chi connectivity index (χ1v) is 10.7. The summed E-state index contributed by atoms with van der Waals surface area (Å²) in [6.07, 6.45) is 6.65. The van der Waals surface area contributed by atoms with Crippen molar-refractivity contribution in [1.82, 2.24) is 15.5 Å². The molecule has 0 aromatic rings. The predicted molar refractivity (Wildman–Crippen MR) is 118 cm³/mol. The third-order valence-electron chi connectivity index (χ3n) is 6.37. The number of hydrogen-bond donors (Lipinski definition) is 2. The van der Waals surface area contributed by atoms with Gasteiger partial charge in [-0.2, -0.15) is 11.8 Å². The maximum absolute atomic E-state index is 5.55. The van der Waals surface area contributed by atoms with Crippen molar-refractivity contribution < 1.29 is 4.74 Å². The lowest BCUT2D eigenvalue weighted by Crippen LogP contribution is -2.60. The van der Waals surface area contributed by atoms with Gasteiger partial charge in [0.25, 0.3) is 0 Å². The van der Waals surface area contributed by atoms with E-state index in [0.717, 1.165) is 45.4 Å². The summed E-state index contributed by atoms with van der Waals surface area (Å²) in [5.41, 5.74) is 0.785. The van der Waals surface area contributed by atoms with Gasteiger partial charge in [-0.1, -0.05) is 13.3 Å². The van der Waals surface area contributed by atoms with Crippen LogP contribution in [0.25, 0.3) is 0 Å². The number of nitrogens with one attached hydrogen (secondary N) is 2. The van der Waals surface area contributed by atoms with Crippen LogP contribution in [0.3, 0.4) is 0 Å². The van der Waals surface area contributed by atoms with Crippen LogP contribution >= 0.6 is 35.7 Å². The van der Waals surface area contributed by atoms with Crippen LogP contribution < -0.4 is 10.6 Å². The zero-order chi connectivity index (χ0) is 16.9. The molecule has 2 heterocycles. The molecule has 0 radical (unpaired) electrons. The molecule has 7 heteroatoms. The molecule has 0 aromatic heterocycles. The molecule has 25 heavy (non-hydrogen) atoms. The van der Waals surface area contributed by atoms with Gasteiger partial charge in [0.05, 0.1) is 13.2 Å². The Morgan fingerprint density at radius 1 is 1.16 bits per heavy atom. The Morgan fingerprint density at radius 3 is 2.40 bits per heavy atom. The van der Waals surface area contributed by atoms with Crippen LogP contribution in [0.2, 0.25) is 0 Å². The van der Waals surface area contributed by atoms with E-state index in [1.807, 2.05) is 7.05 Å². The zero-order valence-electron chi connectivity index (χ0n) is 15.8. The van der Waals surface area contributed by atoms with Crippen molar-refractivity contribution in [3.63, 3.8) is 0 Å². The van der Waals surface area contributed by atoms with Crippen molar-refractivity contribution in [2.45, 2.75) is 44.6 Å². The topological polar surface area (TPSA) is 48.9 Å². The van der Waals surface area contributed by atoms with Crippen molar-refractivity contribution in [3.8, 4) is 0 Å². The van der Waals surface area contributed by atoms with Crippen molar-refractivity contribution in [2.75, 3.05) is 57.9 Å². The molecule has 1 atom stereocenters. The third kappa shape index (κ3) is 5.17. The van der Waals surface area contributed by atoms with Crippen LogP contribution in [0.1, 0.15) is 39.0 Å². The maximum Gasteiger partial charge on any atom is 0.191 e. The number of halogens is 1. The van der Waals surface area contributed by atoms with E-state index in [4.69, 9.17) is 4.74 Å². The number of thioether (sulfide) groups is 1. The fourth-order valence-corrected chi connectivity index (χ4v) is 5.68. The first-order chi connectivity index (χ1) is 11.7. The van der Waals surface area contributed by atoms with E-state index in [2.05, 4.69) is 39.2 Å². The highest BCUT2D eigenvalue weighted by molar-refractivity contribution is 14.0. The van der Waals surface area contributed by atoms with Gasteiger partial charge in [0.1, 0.15) is 0 Å². The van der Waals surface area contributed by atoms with Crippen molar-refractivity contribution in [1.29, 1.82) is 0 Å². The Balaban J connectivity index is 0.00000225. The minimum absolute atomic E-state index is 0. The number of rotatable bonds is 6. The van der Waals surface area contributed by atoms with E-state index in [9.17, 15) is 0 Å². The first kappa shape index (κ1) is 21.6. The van der Waals surface area contributed by atoms with Crippen LogP contribution in [-0.4, -0.2) is 74.3 Å². The van der Waals surface area contributed by atoms with Crippen LogP contribution in [0, 0.1) is 5.41 Å². The van der Waals surface area contributed by atoms with E-state index in [1.54, 1.807) is 0 Å². The van der Waals surface area contributed by atoms with Gasteiger partial charge in [0, 0.05) is 44.5 Å². The number of guanidine groups is 1. The van der Waals surface area contributed by atoms with Gasteiger partial charge in [-0.25, -0.2) is 0 Å². The largest absolute Gasteiger partial charge is 0.379 e. The molecular formula is C18H35IN4OS. The lowest BCUT2D eigenvalue weighted by molar-refractivity contribution is -0.0120. The SMILES string of the molecule is CCC1(CNC(=NC)NCC2(N3CCOCC3)CCSC2)CCC1.I. The maximum atomic E-state index is 5.55. The molecule has 2 saturated heterocycles. The molecule has 0 bridgehead atoms. The van der Waals surface area contributed by atoms with Crippen LogP contribution in [-0.2, 0) is 4.74 Å². The van der Waals surface area contributed by atoms with Gasteiger partial charge in [0.15, 0.2) is 5.96 Å². The van der Waals surface area contributed by atoms with Gasteiger partial charge < -0.3 is 15.4 Å². The summed E-state index contributed by atoms with van der Waals surface area (Å²) in [6.45, 7) is 8.23. The lowest BCUT2D eigenvalue weighted by Gasteiger charge is -2.44. The van der Waals surface area contributed by atoms with Gasteiger partial charge in [-0.15, -0.1) is 24.0 Å². The standard InChI is InChI=1S/C18H34N4OS.HI/c1-3-17(5-4-6-17)13-20-16(19-2)21-14-18(7-12-24-15-18)22-8-10-23-11-9-22;/h3-15H2,1-2H3,(H2,19,20,21);1H. The van der Waals surface area contributed by atoms with Crippen molar-refractivity contribution in [3.05, 3.63) is 0 Å². The molecule has 1 saturated carbocycles. The predicted octanol–water partition coefficient (Wildman–Crippen LogP) is 2.56. The summed E-state index contributed by atoms with van der Waals surface area (Å²) in [4.78, 5) is 7.11.